The highest BCUT2D eigenvalue weighted by Crippen LogP contribution is 2.34. The maximum atomic E-state index is 12.5. The van der Waals surface area contributed by atoms with E-state index in [-0.39, 0.29) is 5.91 Å². The zero-order valence-corrected chi connectivity index (χ0v) is 14.9. The summed E-state index contributed by atoms with van der Waals surface area (Å²) in [6, 6.07) is 6.80. The van der Waals surface area contributed by atoms with Gasteiger partial charge in [0.05, 0.1) is 23.6 Å². The first-order valence-electron chi connectivity index (χ1n) is 8.59. The molecule has 1 fully saturated rings. The van der Waals surface area contributed by atoms with E-state index in [4.69, 9.17) is 0 Å². The van der Waals surface area contributed by atoms with Gasteiger partial charge in [-0.05, 0) is 63.8 Å². The van der Waals surface area contributed by atoms with Gasteiger partial charge in [0.2, 0.25) is 5.91 Å². The summed E-state index contributed by atoms with van der Waals surface area (Å²) in [5.41, 5.74) is 6.55. The maximum Gasteiger partial charge on any atom is 0.238 e. The Kier molecular flexibility index (Phi) is 4.71. The van der Waals surface area contributed by atoms with Crippen LogP contribution >= 0.6 is 0 Å². The second-order valence-corrected chi connectivity index (χ2v) is 6.77. The minimum Gasteiger partial charge on any atom is -0.322 e. The molecule has 5 nitrogen and oxygen atoms in total. The molecule has 0 bridgehead atoms. The summed E-state index contributed by atoms with van der Waals surface area (Å²) in [6.45, 7) is 9.53. The van der Waals surface area contributed by atoms with Gasteiger partial charge in [-0.15, -0.1) is 0 Å². The van der Waals surface area contributed by atoms with E-state index in [1.165, 1.54) is 16.7 Å². The first-order chi connectivity index (χ1) is 11.5. The standard InChI is InChI=1S/C19H26N4O/c1-12-7-5-8-16(13(12)2)17-9-6-10-23(17)11-18(24)20-19-14(3)21-22-15(19)4/h5,7-8,17H,6,9-11H2,1-4H3,(H,20,24)(H,21,22)/t17-/m0/s1. The van der Waals surface area contributed by atoms with Crippen LogP contribution in [0.1, 0.15) is 47.0 Å². The van der Waals surface area contributed by atoms with E-state index >= 15 is 0 Å². The zero-order valence-electron chi connectivity index (χ0n) is 14.9. The molecule has 0 saturated carbocycles. The number of benzene rings is 1. The lowest BCUT2D eigenvalue weighted by Crippen LogP contribution is -2.33. The minimum atomic E-state index is 0.0276. The van der Waals surface area contributed by atoms with E-state index < -0.39 is 0 Å². The molecule has 2 N–H and O–H groups in total. The van der Waals surface area contributed by atoms with Crippen LogP contribution in [0.15, 0.2) is 18.2 Å². The molecule has 5 heteroatoms. The number of nitrogens with zero attached hydrogens (tertiary/aromatic N) is 2. The van der Waals surface area contributed by atoms with Crippen molar-refractivity contribution in [2.24, 2.45) is 0 Å². The predicted octanol–water partition coefficient (Wildman–Crippen LogP) is 3.42. The van der Waals surface area contributed by atoms with E-state index in [2.05, 4.69) is 52.5 Å². The van der Waals surface area contributed by atoms with Crippen molar-refractivity contribution in [3.63, 3.8) is 0 Å². The molecule has 0 aliphatic carbocycles. The van der Waals surface area contributed by atoms with Crippen LogP contribution in [0.25, 0.3) is 0 Å². The van der Waals surface area contributed by atoms with E-state index in [9.17, 15) is 4.79 Å². The Morgan fingerprint density at radius 2 is 2.12 bits per heavy atom. The summed E-state index contributed by atoms with van der Waals surface area (Å²) in [5.74, 6) is 0.0276. The van der Waals surface area contributed by atoms with Gasteiger partial charge in [0.1, 0.15) is 0 Å². The number of hydrogen-bond donors (Lipinski definition) is 2. The number of nitrogens with one attached hydrogen (secondary N) is 2. The fourth-order valence-electron chi connectivity index (χ4n) is 3.60. The van der Waals surface area contributed by atoms with E-state index in [0.717, 1.165) is 36.5 Å². The number of aryl methyl sites for hydroxylation is 3. The smallest absolute Gasteiger partial charge is 0.238 e. The summed E-state index contributed by atoms with van der Waals surface area (Å²) in [5, 5.41) is 10.0. The highest BCUT2D eigenvalue weighted by Gasteiger charge is 2.29. The molecule has 24 heavy (non-hydrogen) atoms. The molecule has 1 atom stereocenters. The van der Waals surface area contributed by atoms with Crippen LogP contribution in [0.2, 0.25) is 0 Å². The Balaban J connectivity index is 1.72. The van der Waals surface area contributed by atoms with Crippen molar-refractivity contribution in [3.05, 3.63) is 46.3 Å². The zero-order chi connectivity index (χ0) is 17.3. The number of carbonyl (C=O) groups is 1. The molecule has 3 rings (SSSR count). The molecule has 0 radical (unpaired) electrons. The summed E-state index contributed by atoms with van der Waals surface area (Å²) in [7, 11) is 0. The molecular weight excluding hydrogens is 300 g/mol. The number of H-pyrrole nitrogens is 1. The first-order valence-corrected chi connectivity index (χ1v) is 8.59. The Bertz CT molecular complexity index is 730. The monoisotopic (exact) mass is 326 g/mol. The van der Waals surface area contributed by atoms with Gasteiger partial charge in [-0.3, -0.25) is 14.8 Å². The van der Waals surface area contributed by atoms with Crippen LogP contribution < -0.4 is 5.32 Å². The average Bonchev–Trinajstić information content (AvgIpc) is 3.12. The van der Waals surface area contributed by atoms with Gasteiger partial charge < -0.3 is 5.32 Å². The van der Waals surface area contributed by atoms with Crippen molar-refractivity contribution in [2.75, 3.05) is 18.4 Å². The molecule has 1 aliphatic rings. The number of amides is 1. The number of rotatable bonds is 4. The van der Waals surface area contributed by atoms with E-state index in [1.807, 2.05) is 13.8 Å². The summed E-state index contributed by atoms with van der Waals surface area (Å²) < 4.78 is 0. The van der Waals surface area contributed by atoms with Crippen LogP contribution in [0, 0.1) is 27.7 Å². The van der Waals surface area contributed by atoms with Crippen molar-refractivity contribution < 1.29 is 4.79 Å². The van der Waals surface area contributed by atoms with Gasteiger partial charge in [0.25, 0.3) is 0 Å². The topological polar surface area (TPSA) is 61.0 Å². The van der Waals surface area contributed by atoms with Crippen molar-refractivity contribution in [2.45, 2.75) is 46.6 Å². The number of carbonyl (C=O) groups excluding carboxylic acids is 1. The fraction of sp³-hybridized carbons (Fsp3) is 0.474. The normalized spacial score (nSPS) is 18.1. The quantitative estimate of drug-likeness (QED) is 0.905. The molecule has 1 aromatic carbocycles. The molecule has 2 heterocycles. The third-order valence-electron chi connectivity index (χ3n) is 5.11. The number of aromatic nitrogens is 2. The highest BCUT2D eigenvalue weighted by molar-refractivity contribution is 5.93. The van der Waals surface area contributed by atoms with Gasteiger partial charge in [-0.25, -0.2) is 0 Å². The molecular formula is C19H26N4O. The van der Waals surface area contributed by atoms with Gasteiger partial charge in [0, 0.05) is 6.04 Å². The van der Waals surface area contributed by atoms with Crippen LogP contribution in [-0.2, 0) is 4.79 Å². The second-order valence-electron chi connectivity index (χ2n) is 6.77. The Labute approximate surface area is 143 Å². The van der Waals surface area contributed by atoms with Gasteiger partial charge in [0.15, 0.2) is 0 Å². The van der Waals surface area contributed by atoms with Crippen molar-refractivity contribution in [3.8, 4) is 0 Å². The fourth-order valence-corrected chi connectivity index (χ4v) is 3.60. The number of hydrogen-bond acceptors (Lipinski definition) is 3. The van der Waals surface area contributed by atoms with Gasteiger partial charge >= 0.3 is 0 Å². The van der Waals surface area contributed by atoms with Gasteiger partial charge in [-0.1, -0.05) is 18.2 Å². The van der Waals surface area contributed by atoms with Crippen LogP contribution in [0.3, 0.4) is 0 Å². The third-order valence-corrected chi connectivity index (χ3v) is 5.11. The van der Waals surface area contributed by atoms with Crippen molar-refractivity contribution >= 4 is 11.6 Å². The summed E-state index contributed by atoms with van der Waals surface area (Å²) in [4.78, 5) is 14.8. The van der Waals surface area contributed by atoms with Crippen LogP contribution in [-0.4, -0.2) is 34.1 Å². The van der Waals surface area contributed by atoms with E-state index in [1.54, 1.807) is 0 Å². The first kappa shape index (κ1) is 16.7. The largest absolute Gasteiger partial charge is 0.322 e. The lowest BCUT2D eigenvalue weighted by atomic mass is 9.96. The molecule has 1 aromatic heterocycles. The average molecular weight is 326 g/mol. The molecule has 0 unspecified atom stereocenters. The minimum absolute atomic E-state index is 0.0276. The molecule has 1 amide bonds. The lowest BCUT2D eigenvalue weighted by Gasteiger charge is -2.26. The molecule has 1 saturated heterocycles. The lowest BCUT2D eigenvalue weighted by molar-refractivity contribution is -0.117. The molecule has 1 aliphatic heterocycles. The SMILES string of the molecule is Cc1cccc([C@@H]2CCCN2CC(=O)Nc2c(C)n[nH]c2C)c1C. The molecule has 128 valence electrons. The Hall–Kier alpha value is -2.14. The summed E-state index contributed by atoms with van der Waals surface area (Å²) in [6.07, 6.45) is 2.25. The second kappa shape index (κ2) is 6.77. The Morgan fingerprint density at radius 3 is 2.83 bits per heavy atom. The Morgan fingerprint density at radius 1 is 1.33 bits per heavy atom. The van der Waals surface area contributed by atoms with Crippen LogP contribution in [0.4, 0.5) is 5.69 Å². The van der Waals surface area contributed by atoms with Crippen molar-refractivity contribution in [1.29, 1.82) is 0 Å². The van der Waals surface area contributed by atoms with Crippen molar-refractivity contribution in [1.82, 2.24) is 15.1 Å². The van der Waals surface area contributed by atoms with E-state index in [0.29, 0.717) is 12.6 Å². The predicted molar refractivity (Wildman–Crippen MR) is 96.2 cm³/mol. The maximum absolute atomic E-state index is 12.5. The van der Waals surface area contributed by atoms with Gasteiger partial charge in [-0.2, -0.15) is 5.10 Å². The van der Waals surface area contributed by atoms with Crippen LogP contribution in [0.5, 0.6) is 0 Å². The molecule has 2 aromatic rings. The summed E-state index contributed by atoms with van der Waals surface area (Å²) >= 11 is 0. The number of anilines is 1. The molecule has 0 spiro atoms. The number of likely N-dealkylation sites (tertiary alicyclic amines) is 1. The number of aromatic amines is 1. The highest BCUT2D eigenvalue weighted by atomic mass is 16.2. The third kappa shape index (κ3) is 3.22.